The highest BCUT2D eigenvalue weighted by Gasteiger charge is 2.23. The van der Waals surface area contributed by atoms with Gasteiger partial charge in [-0.15, -0.1) is 4.52 Å². The molecule has 0 saturated heterocycles. The second-order valence-electron chi connectivity index (χ2n) is 10.8. The van der Waals surface area contributed by atoms with Gasteiger partial charge in [0.25, 0.3) is 0 Å². The van der Waals surface area contributed by atoms with Gasteiger partial charge in [-0.3, -0.25) is 0 Å². The molecule has 0 aromatic heterocycles. The summed E-state index contributed by atoms with van der Waals surface area (Å²) < 4.78 is 34.2. The van der Waals surface area contributed by atoms with Crippen LogP contribution in [0.15, 0.2) is 94.6 Å². The molecule has 0 saturated carbocycles. The lowest BCUT2D eigenvalue weighted by Gasteiger charge is -2.19. The van der Waals surface area contributed by atoms with Gasteiger partial charge in [-0.25, -0.2) is 4.79 Å². The van der Waals surface area contributed by atoms with E-state index in [1.54, 1.807) is 18.2 Å². The van der Waals surface area contributed by atoms with E-state index in [9.17, 15) is 4.79 Å². The third-order valence-corrected chi connectivity index (χ3v) is 8.23. The summed E-state index contributed by atoms with van der Waals surface area (Å²) in [4.78, 5) is 12.3. The summed E-state index contributed by atoms with van der Waals surface area (Å²) in [5, 5.41) is 4.43. The van der Waals surface area contributed by atoms with Gasteiger partial charge in [0.2, 0.25) is 0 Å². The van der Waals surface area contributed by atoms with E-state index >= 15 is 0 Å². The summed E-state index contributed by atoms with van der Waals surface area (Å²) in [5.74, 6) is 3.79. The van der Waals surface area contributed by atoms with E-state index in [1.165, 1.54) is 19.1 Å². The van der Waals surface area contributed by atoms with Crippen molar-refractivity contribution in [1.29, 1.82) is 0 Å². The minimum atomic E-state index is -0.446. The van der Waals surface area contributed by atoms with Gasteiger partial charge in [-0.2, -0.15) is 5.11 Å². The molecule has 1 aliphatic rings. The lowest BCUT2D eigenvalue weighted by Crippen LogP contribution is -2.09. The molecule has 0 bridgehead atoms. The largest absolute Gasteiger partial charge is 0.493 e. The summed E-state index contributed by atoms with van der Waals surface area (Å²) in [6.45, 7) is 5.64. The van der Waals surface area contributed by atoms with Crippen molar-refractivity contribution in [3.8, 4) is 28.7 Å². The first-order chi connectivity index (χ1) is 22.6. The van der Waals surface area contributed by atoms with E-state index in [-0.39, 0.29) is 6.04 Å². The molecule has 8 nitrogen and oxygen atoms in total. The number of methoxy groups -OCH3 is 1. The number of hydrogen-bond donors (Lipinski definition) is 0. The number of hydrogen-bond acceptors (Lipinski definition) is 9. The van der Waals surface area contributed by atoms with Crippen molar-refractivity contribution < 1.29 is 28.5 Å². The van der Waals surface area contributed by atoms with Gasteiger partial charge in [0.15, 0.2) is 0 Å². The molecule has 4 aromatic rings. The highest BCUT2D eigenvalue weighted by Crippen LogP contribution is 2.40. The van der Waals surface area contributed by atoms with Crippen LogP contribution in [0, 0.1) is 0 Å². The zero-order chi connectivity index (χ0) is 32.1. The van der Waals surface area contributed by atoms with E-state index in [1.807, 2.05) is 48.5 Å². The Balaban J connectivity index is 1.24. The molecule has 1 aliphatic heterocycles. The predicted octanol–water partition coefficient (Wildman–Crippen LogP) is 9.36. The third-order valence-electron chi connectivity index (χ3n) is 7.55. The zero-order valence-corrected chi connectivity index (χ0v) is 27.4. The number of esters is 1. The summed E-state index contributed by atoms with van der Waals surface area (Å²) >= 11 is 1.47. The van der Waals surface area contributed by atoms with E-state index in [2.05, 4.69) is 41.7 Å². The maximum absolute atomic E-state index is 12.3. The Labute approximate surface area is 275 Å². The molecule has 240 valence electrons. The second kappa shape index (κ2) is 16.7. The number of benzene rings is 4. The molecule has 1 atom stereocenters. The summed E-state index contributed by atoms with van der Waals surface area (Å²) in [5.41, 5.74) is 4.57. The number of para-hydroxylation sites is 1. The van der Waals surface area contributed by atoms with Crippen molar-refractivity contribution in [3.05, 3.63) is 113 Å². The molecule has 4 aromatic carbocycles. The maximum Gasteiger partial charge on any atom is 0.341 e. The number of carbonyl (C=O) groups is 1. The highest BCUT2D eigenvalue weighted by atomic mass is 32.2. The Morgan fingerprint density at radius 1 is 0.826 bits per heavy atom. The predicted molar refractivity (Wildman–Crippen MR) is 181 cm³/mol. The van der Waals surface area contributed by atoms with Crippen LogP contribution in [0.5, 0.6) is 28.7 Å². The van der Waals surface area contributed by atoms with E-state index in [0.29, 0.717) is 43.3 Å². The third kappa shape index (κ3) is 8.40. The Bertz CT molecular complexity index is 1630. The fraction of sp³-hybridized carbons (Fsp3) is 0.324. The Hall–Kier alpha value is -4.50. The summed E-state index contributed by atoms with van der Waals surface area (Å²) in [7, 11) is 1.36. The number of aryl methyl sites for hydroxylation is 1. The van der Waals surface area contributed by atoms with Crippen LogP contribution in [0.25, 0.3) is 0 Å². The van der Waals surface area contributed by atoms with Crippen LogP contribution in [0.3, 0.4) is 0 Å². The van der Waals surface area contributed by atoms with Crippen LogP contribution in [0.1, 0.15) is 65.3 Å². The van der Waals surface area contributed by atoms with Gasteiger partial charge in [0.1, 0.15) is 47.0 Å². The fourth-order valence-corrected chi connectivity index (χ4v) is 5.82. The maximum atomic E-state index is 12.3. The van der Waals surface area contributed by atoms with Crippen LogP contribution in [0.2, 0.25) is 0 Å². The van der Waals surface area contributed by atoms with Gasteiger partial charge < -0.3 is 23.7 Å². The second-order valence-corrected chi connectivity index (χ2v) is 11.5. The van der Waals surface area contributed by atoms with Crippen LogP contribution in [-0.4, -0.2) is 32.0 Å². The Morgan fingerprint density at radius 2 is 1.57 bits per heavy atom. The Kier molecular flexibility index (Phi) is 11.9. The van der Waals surface area contributed by atoms with Crippen molar-refractivity contribution in [2.24, 2.45) is 9.63 Å². The fourth-order valence-electron chi connectivity index (χ4n) is 5.18. The monoisotopic (exact) mass is 640 g/mol. The molecule has 46 heavy (non-hydrogen) atoms. The Morgan fingerprint density at radius 3 is 2.30 bits per heavy atom. The first-order valence-corrected chi connectivity index (χ1v) is 16.6. The van der Waals surface area contributed by atoms with Crippen molar-refractivity contribution >= 4 is 17.9 Å². The molecule has 0 radical (unpaired) electrons. The minimum Gasteiger partial charge on any atom is -0.493 e. The smallest absolute Gasteiger partial charge is 0.341 e. The molecule has 0 N–H and O–H groups in total. The average Bonchev–Trinajstić information content (AvgIpc) is 3.64. The zero-order valence-electron chi connectivity index (χ0n) is 26.6. The lowest BCUT2D eigenvalue weighted by atomic mass is 10.0. The van der Waals surface area contributed by atoms with Gasteiger partial charge in [-0.1, -0.05) is 68.8 Å². The van der Waals surface area contributed by atoms with Gasteiger partial charge in [0.05, 0.1) is 20.3 Å². The molecule has 1 unspecified atom stereocenters. The van der Waals surface area contributed by atoms with Gasteiger partial charge in [-0.05, 0) is 66.2 Å². The quantitative estimate of drug-likeness (QED) is 0.0685. The van der Waals surface area contributed by atoms with E-state index < -0.39 is 5.97 Å². The molecular weight excluding hydrogens is 600 g/mol. The van der Waals surface area contributed by atoms with Crippen molar-refractivity contribution in [2.45, 2.75) is 52.2 Å². The molecule has 0 spiro atoms. The molecule has 9 heteroatoms. The number of carbonyl (C=O) groups excluding carboxylic acids is 1. The number of rotatable bonds is 16. The van der Waals surface area contributed by atoms with Crippen molar-refractivity contribution in [3.63, 3.8) is 0 Å². The average molecular weight is 641 g/mol. The molecular formula is C37H40N2O6S. The first-order valence-electron chi connectivity index (χ1n) is 15.7. The molecule has 5 rings (SSSR count). The number of nitrogens with zero attached hydrogens (tertiary/aromatic N) is 2. The number of ether oxygens (including phenoxy) is 5. The standard InChI is InChI=1S/C37H40N2O6S/c1-4-13-28-32(18-11-19-33(28)45-34-17-10-9-16-29(34)37(40)41-3)42-20-12-21-43-35-23-36(44-24-26-14-7-6-8-15-26)30(22-27(35)5-2)31-25-46-39-38-31/h6-11,14-19,22-23,31H,4-5,12-13,20-21,24-25H2,1-3H3. The molecule has 1 heterocycles. The SMILES string of the molecule is CCCc1c(OCCCOc2cc(OCc3ccccc3)c(C3CSN=N3)cc2CC)cccc1Oc1ccccc1C(=O)OC. The first kappa shape index (κ1) is 32.9. The topological polar surface area (TPSA) is 87.9 Å². The minimum absolute atomic E-state index is 0.0328. The summed E-state index contributed by atoms with van der Waals surface area (Å²) in [6, 6.07) is 27.1. The van der Waals surface area contributed by atoms with Crippen molar-refractivity contribution in [1.82, 2.24) is 0 Å². The van der Waals surface area contributed by atoms with Gasteiger partial charge >= 0.3 is 5.97 Å². The van der Waals surface area contributed by atoms with Crippen LogP contribution >= 0.6 is 11.9 Å². The molecule has 0 aliphatic carbocycles. The molecule has 0 amide bonds. The van der Waals surface area contributed by atoms with Gasteiger partial charge in [0, 0.05) is 29.4 Å². The van der Waals surface area contributed by atoms with Crippen molar-refractivity contribution in [2.75, 3.05) is 26.1 Å². The lowest BCUT2D eigenvalue weighted by molar-refractivity contribution is 0.0598. The van der Waals surface area contributed by atoms with Crippen LogP contribution < -0.4 is 18.9 Å². The normalized spacial score (nSPS) is 13.8. The van der Waals surface area contributed by atoms with Crippen LogP contribution in [0.4, 0.5) is 0 Å². The molecule has 0 fully saturated rings. The van der Waals surface area contributed by atoms with Crippen LogP contribution in [-0.2, 0) is 24.2 Å². The van der Waals surface area contributed by atoms with E-state index in [4.69, 9.17) is 23.7 Å². The highest BCUT2D eigenvalue weighted by molar-refractivity contribution is 7.98. The van der Waals surface area contributed by atoms with E-state index in [0.717, 1.165) is 64.5 Å². The summed E-state index contributed by atoms with van der Waals surface area (Å²) in [6.07, 6.45) is 3.17.